The predicted molar refractivity (Wildman–Crippen MR) is 62.4 cm³/mol. The van der Waals surface area contributed by atoms with Crippen LogP contribution in [0.25, 0.3) is 0 Å². The minimum atomic E-state index is -0.422. The van der Waals surface area contributed by atoms with Crippen LogP contribution >= 0.6 is 0 Å². The van der Waals surface area contributed by atoms with Crippen LogP contribution in [0.3, 0.4) is 0 Å². The first-order chi connectivity index (χ1) is 8.09. The molecule has 5 heteroatoms. The van der Waals surface area contributed by atoms with Crippen LogP contribution in [0.15, 0.2) is 0 Å². The maximum Gasteiger partial charge on any atom is 0.245 e. The summed E-state index contributed by atoms with van der Waals surface area (Å²) in [7, 11) is 0. The van der Waals surface area contributed by atoms with Gasteiger partial charge in [-0.15, -0.1) is 0 Å². The third-order valence-corrected chi connectivity index (χ3v) is 3.61. The first-order valence-corrected chi connectivity index (χ1v) is 6.31. The van der Waals surface area contributed by atoms with Gasteiger partial charge < -0.3 is 15.0 Å². The van der Waals surface area contributed by atoms with E-state index in [1.54, 1.807) is 11.8 Å². The van der Waals surface area contributed by atoms with Gasteiger partial charge in [0.2, 0.25) is 11.8 Å². The van der Waals surface area contributed by atoms with E-state index in [4.69, 9.17) is 4.74 Å². The van der Waals surface area contributed by atoms with E-state index in [1.807, 2.05) is 6.92 Å². The van der Waals surface area contributed by atoms with Crippen molar-refractivity contribution in [1.29, 1.82) is 0 Å². The van der Waals surface area contributed by atoms with Gasteiger partial charge in [-0.1, -0.05) is 0 Å². The summed E-state index contributed by atoms with van der Waals surface area (Å²) >= 11 is 0. The quantitative estimate of drug-likeness (QED) is 0.755. The number of amides is 2. The first-order valence-electron chi connectivity index (χ1n) is 6.31. The Hall–Kier alpha value is -1.10. The van der Waals surface area contributed by atoms with Gasteiger partial charge in [0, 0.05) is 19.6 Å². The van der Waals surface area contributed by atoms with Crippen LogP contribution in [0.4, 0.5) is 0 Å². The van der Waals surface area contributed by atoms with Crippen LogP contribution < -0.4 is 5.32 Å². The molecule has 2 amide bonds. The van der Waals surface area contributed by atoms with Crippen molar-refractivity contribution in [3.05, 3.63) is 0 Å². The fourth-order valence-electron chi connectivity index (χ4n) is 2.54. The number of ether oxygens (including phenoxy) is 1. The Balaban J connectivity index is 2.06. The number of rotatable bonds is 2. The Morgan fingerprint density at radius 1 is 1.47 bits per heavy atom. The fraction of sp³-hybridized carbons (Fsp3) is 0.833. The summed E-state index contributed by atoms with van der Waals surface area (Å²) in [5, 5.41) is 2.70. The molecule has 0 aromatic heterocycles. The minimum absolute atomic E-state index is 0.00106. The van der Waals surface area contributed by atoms with Gasteiger partial charge in [-0.25, -0.2) is 0 Å². The molecule has 0 aromatic rings. The zero-order valence-electron chi connectivity index (χ0n) is 10.4. The third kappa shape index (κ3) is 2.60. The number of hydrogen-bond acceptors (Lipinski definition) is 3. The highest BCUT2D eigenvalue weighted by atomic mass is 16.5. The Morgan fingerprint density at radius 2 is 2.24 bits per heavy atom. The van der Waals surface area contributed by atoms with Gasteiger partial charge in [-0.3, -0.25) is 9.59 Å². The SMILES string of the molecule is CC1NC(=O)CCN(C(C)C2CCCO2)C1=O. The summed E-state index contributed by atoms with van der Waals surface area (Å²) in [5.74, 6) is -0.0493. The van der Waals surface area contributed by atoms with Gasteiger partial charge in [0.05, 0.1) is 12.1 Å². The van der Waals surface area contributed by atoms with Crippen LogP contribution in [0.2, 0.25) is 0 Å². The van der Waals surface area contributed by atoms with E-state index in [9.17, 15) is 9.59 Å². The summed E-state index contributed by atoms with van der Waals surface area (Å²) in [6.45, 7) is 5.02. The van der Waals surface area contributed by atoms with Crippen LogP contribution in [-0.2, 0) is 14.3 Å². The van der Waals surface area contributed by atoms with E-state index in [1.165, 1.54) is 0 Å². The highest BCUT2D eigenvalue weighted by Crippen LogP contribution is 2.21. The predicted octanol–water partition coefficient (Wildman–Crippen LogP) is 0.291. The van der Waals surface area contributed by atoms with Crippen molar-refractivity contribution in [2.75, 3.05) is 13.2 Å². The molecule has 2 aliphatic rings. The fourth-order valence-corrected chi connectivity index (χ4v) is 2.54. The van der Waals surface area contributed by atoms with E-state index in [0.29, 0.717) is 13.0 Å². The second-order valence-corrected chi connectivity index (χ2v) is 4.86. The van der Waals surface area contributed by atoms with Gasteiger partial charge in [0.15, 0.2) is 0 Å². The molecule has 96 valence electrons. The molecule has 5 nitrogen and oxygen atoms in total. The molecular weight excluding hydrogens is 220 g/mol. The summed E-state index contributed by atoms with van der Waals surface area (Å²) in [6.07, 6.45) is 2.57. The van der Waals surface area contributed by atoms with Crippen molar-refractivity contribution in [1.82, 2.24) is 10.2 Å². The molecule has 2 fully saturated rings. The van der Waals surface area contributed by atoms with Crippen molar-refractivity contribution in [3.63, 3.8) is 0 Å². The summed E-state index contributed by atoms with van der Waals surface area (Å²) in [5.41, 5.74) is 0. The molecule has 0 bridgehead atoms. The Kier molecular flexibility index (Phi) is 3.66. The molecule has 2 saturated heterocycles. The summed E-state index contributed by atoms with van der Waals surface area (Å²) < 4.78 is 5.62. The molecule has 0 spiro atoms. The van der Waals surface area contributed by atoms with Crippen molar-refractivity contribution in [2.45, 2.75) is 51.3 Å². The van der Waals surface area contributed by atoms with E-state index in [-0.39, 0.29) is 24.0 Å². The van der Waals surface area contributed by atoms with E-state index in [0.717, 1.165) is 19.4 Å². The van der Waals surface area contributed by atoms with Crippen molar-refractivity contribution in [3.8, 4) is 0 Å². The summed E-state index contributed by atoms with van der Waals surface area (Å²) in [6, 6.07) is -0.367. The van der Waals surface area contributed by atoms with Gasteiger partial charge in [-0.05, 0) is 26.7 Å². The largest absolute Gasteiger partial charge is 0.376 e. The van der Waals surface area contributed by atoms with Crippen LogP contribution in [0.1, 0.15) is 33.1 Å². The van der Waals surface area contributed by atoms with Gasteiger partial charge >= 0.3 is 0 Å². The molecule has 2 rings (SSSR count). The zero-order chi connectivity index (χ0) is 12.4. The average Bonchev–Trinajstić information content (AvgIpc) is 2.77. The number of carbonyl (C=O) groups excluding carboxylic acids is 2. The van der Waals surface area contributed by atoms with E-state index >= 15 is 0 Å². The molecule has 3 unspecified atom stereocenters. The summed E-state index contributed by atoms with van der Waals surface area (Å²) in [4.78, 5) is 25.3. The van der Waals surface area contributed by atoms with Crippen LogP contribution in [0.5, 0.6) is 0 Å². The first kappa shape index (κ1) is 12.4. The molecule has 1 N–H and O–H groups in total. The minimum Gasteiger partial charge on any atom is -0.376 e. The molecule has 17 heavy (non-hydrogen) atoms. The molecule has 0 aliphatic carbocycles. The molecule has 2 aliphatic heterocycles. The van der Waals surface area contributed by atoms with Crippen molar-refractivity contribution >= 4 is 11.8 Å². The number of nitrogens with one attached hydrogen (secondary N) is 1. The second-order valence-electron chi connectivity index (χ2n) is 4.86. The smallest absolute Gasteiger partial charge is 0.245 e. The zero-order valence-corrected chi connectivity index (χ0v) is 10.4. The lowest BCUT2D eigenvalue weighted by Crippen LogP contribution is -2.49. The Bertz CT molecular complexity index is 313. The van der Waals surface area contributed by atoms with Gasteiger partial charge in [-0.2, -0.15) is 0 Å². The average molecular weight is 240 g/mol. The van der Waals surface area contributed by atoms with E-state index in [2.05, 4.69) is 5.32 Å². The van der Waals surface area contributed by atoms with E-state index < -0.39 is 6.04 Å². The third-order valence-electron chi connectivity index (χ3n) is 3.61. The van der Waals surface area contributed by atoms with Crippen LogP contribution in [0, 0.1) is 0 Å². The highest BCUT2D eigenvalue weighted by Gasteiger charge is 2.34. The lowest BCUT2D eigenvalue weighted by atomic mass is 10.1. The lowest BCUT2D eigenvalue weighted by molar-refractivity contribution is -0.137. The maximum absolute atomic E-state index is 12.1. The van der Waals surface area contributed by atoms with Crippen molar-refractivity contribution < 1.29 is 14.3 Å². The molecule has 3 atom stereocenters. The number of nitrogens with zero attached hydrogens (tertiary/aromatic N) is 1. The Labute approximate surface area is 101 Å². The lowest BCUT2D eigenvalue weighted by Gasteiger charge is -2.32. The molecule has 0 saturated carbocycles. The van der Waals surface area contributed by atoms with Gasteiger partial charge in [0.25, 0.3) is 0 Å². The van der Waals surface area contributed by atoms with Gasteiger partial charge in [0.1, 0.15) is 6.04 Å². The second kappa shape index (κ2) is 5.04. The van der Waals surface area contributed by atoms with Crippen LogP contribution in [-0.4, -0.2) is 48.1 Å². The standard InChI is InChI=1S/C12H20N2O3/c1-8-12(16)14(6-5-11(15)13-8)9(2)10-4-3-7-17-10/h8-10H,3-7H2,1-2H3,(H,13,15). The molecular formula is C12H20N2O3. The topological polar surface area (TPSA) is 58.6 Å². The maximum atomic E-state index is 12.1. The Morgan fingerprint density at radius 3 is 2.88 bits per heavy atom. The molecule has 2 heterocycles. The highest BCUT2D eigenvalue weighted by molar-refractivity contribution is 5.89. The number of carbonyl (C=O) groups is 2. The van der Waals surface area contributed by atoms with Crippen molar-refractivity contribution in [2.24, 2.45) is 0 Å². The normalized spacial score (nSPS) is 32.2. The number of hydrogen-bond donors (Lipinski definition) is 1. The molecule has 0 aromatic carbocycles. The monoisotopic (exact) mass is 240 g/mol. The molecule has 0 radical (unpaired) electrons.